The van der Waals surface area contributed by atoms with Crippen LogP contribution in [0.5, 0.6) is 0 Å². The molecule has 3 heterocycles. The lowest BCUT2D eigenvalue weighted by molar-refractivity contribution is -0.145. The van der Waals surface area contributed by atoms with Crippen LogP contribution in [0.15, 0.2) is 9.42 Å². The van der Waals surface area contributed by atoms with Gasteiger partial charge in [0.25, 0.3) is 0 Å². The maximum atomic E-state index is 13.0. The number of carbonyl (C=O) groups is 1. The predicted molar refractivity (Wildman–Crippen MR) is 87.9 cm³/mol. The lowest BCUT2D eigenvalue weighted by Gasteiger charge is -2.39. The molecule has 1 aromatic heterocycles. The summed E-state index contributed by atoms with van der Waals surface area (Å²) in [6.45, 7) is 7.45. The van der Waals surface area contributed by atoms with E-state index in [9.17, 15) is 13.2 Å². The summed E-state index contributed by atoms with van der Waals surface area (Å²) in [7, 11) is -3.68. The number of likely N-dealkylation sites (tertiary alicyclic amines) is 1. The number of hydrogen-bond donors (Lipinski definition) is 0. The Bertz CT molecular complexity index is 721. The molecule has 3 rings (SSSR count). The van der Waals surface area contributed by atoms with E-state index in [1.54, 1.807) is 13.8 Å². The van der Waals surface area contributed by atoms with Gasteiger partial charge in [-0.15, -0.1) is 0 Å². The number of rotatable bonds is 4. The zero-order valence-corrected chi connectivity index (χ0v) is 15.4. The van der Waals surface area contributed by atoms with Gasteiger partial charge < -0.3 is 9.42 Å². The van der Waals surface area contributed by atoms with E-state index in [1.807, 2.05) is 4.90 Å². The Balaban J connectivity index is 1.86. The highest BCUT2D eigenvalue weighted by Crippen LogP contribution is 2.42. The van der Waals surface area contributed by atoms with Gasteiger partial charge in [0.05, 0.1) is 5.41 Å². The first-order valence-electron chi connectivity index (χ1n) is 8.54. The van der Waals surface area contributed by atoms with Crippen molar-refractivity contribution in [1.29, 1.82) is 0 Å². The quantitative estimate of drug-likeness (QED) is 0.821. The van der Waals surface area contributed by atoms with Crippen LogP contribution in [0.1, 0.15) is 44.1 Å². The summed E-state index contributed by atoms with van der Waals surface area (Å²) in [5.74, 6) is 0.420. The number of aromatic nitrogens is 1. The summed E-state index contributed by atoms with van der Waals surface area (Å²) < 4.78 is 32.4. The molecule has 1 spiro atoms. The van der Waals surface area contributed by atoms with Crippen LogP contribution in [-0.2, 0) is 14.8 Å². The van der Waals surface area contributed by atoms with E-state index in [4.69, 9.17) is 4.52 Å². The molecule has 134 valence electrons. The van der Waals surface area contributed by atoms with E-state index in [1.165, 1.54) is 4.31 Å². The highest BCUT2D eigenvalue weighted by atomic mass is 32.2. The Labute approximate surface area is 143 Å². The Hall–Kier alpha value is -1.41. The molecular weight excluding hydrogens is 330 g/mol. The van der Waals surface area contributed by atoms with Gasteiger partial charge in [0, 0.05) is 26.2 Å². The Morgan fingerprint density at radius 1 is 1.25 bits per heavy atom. The van der Waals surface area contributed by atoms with Crippen LogP contribution in [0.3, 0.4) is 0 Å². The highest BCUT2D eigenvalue weighted by molar-refractivity contribution is 7.89. The summed E-state index contributed by atoms with van der Waals surface area (Å²) in [6, 6.07) is 0. The zero-order valence-electron chi connectivity index (χ0n) is 14.5. The van der Waals surface area contributed by atoms with Gasteiger partial charge in [0.15, 0.2) is 5.76 Å². The molecule has 2 saturated heterocycles. The van der Waals surface area contributed by atoms with Crippen LogP contribution < -0.4 is 0 Å². The van der Waals surface area contributed by atoms with E-state index >= 15 is 0 Å². The van der Waals surface area contributed by atoms with Crippen LogP contribution in [-0.4, -0.2) is 54.9 Å². The summed E-state index contributed by atoms with van der Waals surface area (Å²) in [5, 5.41) is 3.75. The molecule has 0 saturated carbocycles. The number of piperidine rings is 1. The predicted octanol–water partition coefficient (Wildman–Crippen LogP) is 1.70. The monoisotopic (exact) mass is 355 g/mol. The molecule has 0 radical (unpaired) electrons. The van der Waals surface area contributed by atoms with E-state index < -0.39 is 15.4 Å². The summed E-state index contributed by atoms with van der Waals surface area (Å²) >= 11 is 0. The molecule has 0 aliphatic carbocycles. The van der Waals surface area contributed by atoms with Crippen molar-refractivity contribution >= 4 is 15.9 Å². The number of aryl methyl sites for hydroxylation is 2. The fraction of sp³-hybridized carbons (Fsp3) is 0.750. The molecule has 24 heavy (non-hydrogen) atoms. The standard InChI is InChI=1S/C16H25N3O4S/c1-4-8-18-9-5-6-16(15(18)20)7-10-19(11-16)24(21,22)14-12(2)17-23-13(14)3/h4-11H2,1-3H3/t16-/m0/s1. The van der Waals surface area contributed by atoms with Gasteiger partial charge in [0.1, 0.15) is 10.6 Å². The average Bonchev–Trinajstić information content (AvgIpc) is 3.10. The minimum absolute atomic E-state index is 0.118. The van der Waals surface area contributed by atoms with Crippen LogP contribution in [0.2, 0.25) is 0 Å². The molecule has 1 atom stereocenters. The lowest BCUT2D eigenvalue weighted by atomic mass is 9.78. The minimum Gasteiger partial charge on any atom is -0.360 e. The number of hydrogen-bond acceptors (Lipinski definition) is 5. The summed E-state index contributed by atoms with van der Waals surface area (Å²) in [5.41, 5.74) is -0.185. The van der Waals surface area contributed by atoms with E-state index in [0.29, 0.717) is 24.4 Å². The fourth-order valence-electron chi connectivity index (χ4n) is 4.03. The first-order chi connectivity index (χ1) is 11.3. The fourth-order valence-corrected chi connectivity index (χ4v) is 5.84. The third kappa shape index (κ3) is 2.65. The third-order valence-corrected chi connectivity index (χ3v) is 7.29. The topological polar surface area (TPSA) is 83.7 Å². The van der Waals surface area contributed by atoms with Gasteiger partial charge in [-0.3, -0.25) is 4.79 Å². The number of carbonyl (C=O) groups excluding carboxylic acids is 1. The van der Waals surface area contributed by atoms with Gasteiger partial charge in [-0.25, -0.2) is 8.42 Å². The molecular formula is C16H25N3O4S. The second-order valence-electron chi connectivity index (χ2n) is 6.92. The van der Waals surface area contributed by atoms with E-state index in [-0.39, 0.29) is 17.3 Å². The lowest BCUT2D eigenvalue weighted by Crippen LogP contribution is -2.50. The van der Waals surface area contributed by atoms with Gasteiger partial charge in [-0.1, -0.05) is 12.1 Å². The van der Waals surface area contributed by atoms with Crippen molar-refractivity contribution < 1.29 is 17.7 Å². The molecule has 1 amide bonds. The molecule has 1 aromatic rings. The average molecular weight is 355 g/mol. The Morgan fingerprint density at radius 2 is 2.00 bits per heavy atom. The smallest absolute Gasteiger partial charge is 0.248 e. The summed E-state index contributed by atoms with van der Waals surface area (Å²) in [6.07, 6.45) is 3.21. The third-order valence-electron chi connectivity index (χ3n) is 5.20. The van der Waals surface area contributed by atoms with Crippen molar-refractivity contribution in [3.63, 3.8) is 0 Å². The SMILES string of the molecule is CCCN1CCC[C@@]2(CCN(S(=O)(=O)c3c(C)noc3C)C2)C1=O. The van der Waals surface area contributed by atoms with Gasteiger partial charge in [0.2, 0.25) is 15.9 Å². The van der Waals surface area contributed by atoms with Crippen LogP contribution in [0.4, 0.5) is 0 Å². The van der Waals surface area contributed by atoms with Crippen LogP contribution in [0.25, 0.3) is 0 Å². The normalized spacial score (nSPS) is 25.8. The zero-order chi connectivity index (χ0) is 17.5. The Kier molecular flexibility index (Phi) is 4.46. The molecule has 0 bridgehead atoms. The largest absolute Gasteiger partial charge is 0.360 e. The van der Waals surface area contributed by atoms with Gasteiger partial charge in [-0.05, 0) is 39.5 Å². The second kappa shape index (κ2) is 6.15. The maximum absolute atomic E-state index is 13.0. The van der Waals surface area contributed by atoms with E-state index in [0.717, 1.165) is 32.4 Å². The Morgan fingerprint density at radius 3 is 2.62 bits per heavy atom. The van der Waals surface area contributed by atoms with Crippen LogP contribution >= 0.6 is 0 Å². The molecule has 0 N–H and O–H groups in total. The first-order valence-corrected chi connectivity index (χ1v) is 9.98. The van der Waals surface area contributed by atoms with Crippen molar-refractivity contribution in [3.05, 3.63) is 11.5 Å². The van der Waals surface area contributed by atoms with Crippen molar-refractivity contribution in [3.8, 4) is 0 Å². The first kappa shape index (κ1) is 17.4. The molecule has 2 aliphatic rings. The number of nitrogens with zero attached hydrogens (tertiary/aromatic N) is 3. The molecule has 0 unspecified atom stereocenters. The molecule has 2 fully saturated rings. The summed E-state index contributed by atoms with van der Waals surface area (Å²) in [4.78, 5) is 15.0. The number of sulfonamides is 1. The van der Waals surface area contributed by atoms with Gasteiger partial charge >= 0.3 is 0 Å². The molecule has 2 aliphatic heterocycles. The maximum Gasteiger partial charge on any atom is 0.248 e. The van der Waals surface area contributed by atoms with Crippen molar-refractivity contribution in [2.45, 2.75) is 51.3 Å². The van der Waals surface area contributed by atoms with Gasteiger partial charge in [-0.2, -0.15) is 4.31 Å². The van der Waals surface area contributed by atoms with E-state index in [2.05, 4.69) is 12.1 Å². The van der Waals surface area contributed by atoms with Crippen molar-refractivity contribution in [2.24, 2.45) is 5.41 Å². The minimum atomic E-state index is -3.68. The molecule has 8 heteroatoms. The van der Waals surface area contributed by atoms with Crippen molar-refractivity contribution in [1.82, 2.24) is 14.4 Å². The second-order valence-corrected chi connectivity index (χ2v) is 8.79. The van der Waals surface area contributed by atoms with Crippen molar-refractivity contribution in [2.75, 3.05) is 26.2 Å². The number of amides is 1. The van der Waals surface area contributed by atoms with Crippen LogP contribution in [0, 0.1) is 19.3 Å². The highest BCUT2D eigenvalue weighted by Gasteiger charge is 2.51. The molecule has 0 aromatic carbocycles. The molecule has 7 nitrogen and oxygen atoms in total.